The van der Waals surface area contributed by atoms with Crippen LogP contribution < -0.4 is 5.32 Å². The van der Waals surface area contributed by atoms with Crippen molar-refractivity contribution in [2.45, 2.75) is 18.4 Å². The summed E-state index contributed by atoms with van der Waals surface area (Å²) in [5, 5.41) is 10.6. The monoisotopic (exact) mass is 401 g/mol. The number of pyridine rings is 1. The molecule has 3 rings (SSSR count). The maximum absolute atomic E-state index is 12.6. The Morgan fingerprint density at radius 3 is 2.50 bits per heavy atom. The molecule has 3 aromatic rings. The summed E-state index contributed by atoms with van der Waals surface area (Å²) < 4.78 is 27.9. The Hall–Kier alpha value is -3.11. The number of Topliss-reactive ketones (excluding diaryl/α,β-unsaturated/α-hetero) is 1. The van der Waals surface area contributed by atoms with Crippen molar-refractivity contribution in [2.75, 3.05) is 13.6 Å². The largest absolute Gasteiger partial charge is 0.348 e. The predicted octanol–water partition coefficient (Wildman–Crippen LogP) is 0.869. The van der Waals surface area contributed by atoms with Crippen molar-refractivity contribution in [3.05, 3.63) is 60.0 Å². The second-order valence-electron chi connectivity index (χ2n) is 6.16. The van der Waals surface area contributed by atoms with Crippen molar-refractivity contribution in [2.24, 2.45) is 0 Å². The lowest BCUT2D eigenvalue weighted by Gasteiger charge is -2.17. The number of nitrogens with zero attached hydrogens (tertiary/aromatic N) is 4. The second-order valence-corrected chi connectivity index (χ2v) is 8.21. The van der Waals surface area contributed by atoms with E-state index in [0.29, 0.717) is 17.0 Å². The van der Waals surface area contributed by atoms with Gasteiger partial charge in [0.15, 0.2) is 17.3 Å². The van der Waals surface area contributed by atoms with Crippen LogP contribution in [0.15, 0.2) is 53.6 Å². The van der Waals surface area contributed by atoms with Gasteiger partial charge >= 0.3 is 0 Å². The number of fused-ring (bicyclic) bond motifs is 1. The van der Waals surface area contributed by atoms with Crippen LogP contribution in [0.2, 0.25) is 0 Å². The highest BCUT2D eigenvalue weighted by atomic mass is 32.2. The summed E-state index contributed by atoms with van der Waals surface area (Å²) in [6, 6.07) is 11.0. The minimum Gasteiger partial charge on any atom is -0.348 e. The fraction of sp³-hybridized carbons (Fsp3) is 0.222. The van der Waals surface area contributed by atoms with Crippen LogP contribution in [0, 0.1) is 0 Å². The summed E-state index contributed by atoms with van der Waals surface area (Å²) in [7, 11) is -2.54. The number of carbonyl (C=O) groups excluding carboxylic acids is 2. The van der Waals surface area contributed by atoms with E-state index in [-0.39, 0.29) is 23.8 Å². The first-order valence-corrected chi connectivity index (χ1v) is 9.86. The van der Waals surface area contributed by atoms with E-state index < -0.39 is 15.9 Å². The number of hydrogen-bond acceptors (Lipinski definition) is 6. The smallest absolute Gasteiger partial charge is 0.243 e. The Labute approximate surface area is 162 Å². The van der Waals surface area contributed by atoms with Crippen LogP contribution in [0.5, 0.6) is 0 Å². The third-order valence-corrected chi connectivity index (χ3v) is 5.98. The minimum atomic E-state index is -3.86. The topological polar surface area (TPSA) is 114 Å². The Bertz CT molecular complexity index is 1120. The molecule has 1 N–H and O–H groups in total. The predicted molar refractivity (Wildman–Crippen MR) is 101 cm³/mol. The maximum atomic E-state index is 12.6. The Balaban J connectivity index is 1.63. The number of nitrogens with one attached hydrogen (secondary N) is 1. The highest BCUT2D eigenvalue weighted by Crippen LogP contribution is 2.15. The summed E-state index contributed by atoms with van der Waals surface area (Å²) in [6.45, 7) is 1.16. The molecule has 28 heavy (non-hydrogen) atoms. The van der Waals surface area contributed by atoms with E-state index in [1.807, 2.05) is 12.1 Å². The first-order valence-electron chi connectivity index (χ1n) is 8.42. The molecule has 0 radical (unpaired) electrons. The van der Waals surface area contributed by atoms with Gasteiger partial charge in [-0.15, -0.1) is 10.2 Å². The average Bonchev–Trinajstić information content (AvgIpc) is 3.09. The van der Waals surface area contributed by atoms with Gasteiger partial charge in [0.25, 0.3) is 0 Å². The van der Waals surface area contributed by atoms with Gasteiger partial charge in [0.1, 0.15) is 0 Å². The summed E-state index contributed by atoms with van der Waals surface area (Å²) in [5.74, 6) is -0.0916. The normalized spacial score (nSPS) is 11.7. The number of hydrogen-bond donors (Lipinski definition) is 1. The second kappa shape index (κ2) is 7.87. The Morgan fingerprint density at radius 2 is 1.82 bits per heavy atom. The van der Waals surface area contributed by atoms with Crippen LogP contribution in [-0.4, -0.2) is 52.6 Å². The highest BCUT2D eigenvalue weighted by Gasteiger charge is 2.23. The number of aromatic nitrogens is 3. The van der Waals surface area contributed by atoms with E-state index in [1.165, 1.54) is 38.2 Å². The molecule has 0 saturated carbocycles. The average molecular weight is 401 g/mol. The van der Waals surface area contributed by atoms with E-state index >= 15 is 0 Å². The molecule has 9 nitrogen and oxygen atoms in total. The fourth-order valence-corrected chi connectivity index (χ4v) is 3.70. The zero-order valence-electron chi connectivity index (χ0n) is 15.4. The van der Waals surface area contributed by atoms with Gasteiger partial charge in [0.2, 0.25) is 15.9 Å². The quantitative estimate of drug-likeness (QED) is 0.588. The Morgan fingerprint density at radius 1 is 1.11 bits per heavy atom. The summed E-state index contributed by atoms with van der Waals surface area (Å²) >= 11 is 0. The molecule has 0 aliphatic rings. The van der Waals surface area contributed by atoms with Crippen LogP contribution in [0.1, 0.15) is 23.1 Å². The molecule has 146 valence electrons. The Kier molecular flexibility index (Phi) is 5.52. The summed E-state index contributed by atoms with van der Waals surface area (Å²) in [6.07, 6.45) is 1.78. The van der Waals surface area contributed by atoms with Gasteiger partial charge in [-0.05, 0) is 31.2 Å². The van der Waals surface area contributed by atoms with Gasteiger partial charge < -0.3 is 5.32 Å². The van der Waals surface area contributed by atoms with Crippen molar-refractivity contribution >= 4 is 27.4 Å². The number of carbonyl (C=O) groups is 2. The molecule has 0 aliphatic heterocycles. The van der Waals surface area contributed by atoms with Gasteiger partial charge in [-0.3, -0.25) is 14.0 Å². The van der Waals surface area contributed by atoms with E-state index in [4.69, 9.17) is 0 Å². The molecule has 0 fully saturated rings. The number of sulfonamides is 1. The maximum Gasteiger partial charge on any atom is 0.243 e. The van der Waals surface area contributed by atoms with Gasteiger partial charge in [-0.25, -0.2) is 8.42 Å². The van der Waals surface area contributed by atoms with Gasteiger partial charge in [0.05, 0.1) is 18.0 Å². The SMILES string of the molecule is CC(=O)c1ccc(S(=O)(=O)N(C)CC(=O)NCc2nnc3ccccn23)cc1. The lowest BCUT2D eigenvalue weighted by atomic mass is 10.2. The lowest BCUT2D eigenvalue weighted by Crippen LogP contribution is -2.38. The first kappa shape index (κ1) is 19.6. The number of ketones is 1. The molecule has 0 spiro atoms. The van der Waals surface area contributed by atoms with Crippen LogP contribution in [0.4, 0.5) is 0 Å². The van der Waals surface area contributed by atoms with Gasteiger partial charge in [-0.2, -0.15) is 4.31 Å². The molecule has 2 aromatic heterocycles. The first-order chi connectivity index (χ1) is 13.3. The molecule has 0 saturated heterocycles. The van der Waals surface area contributed by atoms with Crippen LogP contribution in [-0.2, 0) is 21.4 Å². The van der Waals surface area contributed by atoms with Crippen molar-refractivity contribution < 1.29 is 18.0 Å². The third kappa shape index (κ3) is 4.07. The van der Waals surface area contributed by atoms with E-state index in [9.17, 15) is 18.0 Å². The highest BCUT2D eigenvalue weighted by molar-refractivity contribution is 7.89. The van der Waals surface area contributed by atoms with E-state index in [2.05, 4.69) is 15.5 Å². The molecular formula is C18H19N5O4S. The minimum absolute atomic E-state index is 0.0104. The van der Waals surface area contributed by atoms with Crippen molar-refractivity contribution in [1.29, 1.82) is 0 Å². The van der Waals surface area contributed by atoms with Crippen molar-refractivity contribution in [3.63, 3.8) is 0 Å². The molecule has 0 atom stereocenters. The summed E-state index contributed by atoms with van der Waals surface area (Å²) in [5.41, 5.74) is 1.07. The van der Waals surface area contributed by atoms with Crippen molar-refractivity contribution in [3.8, 4) is 0 Å². The van der Waals surface area contributed by atoms with Crippen LogP contribution in [0.3, 0.4) is 0 Å². The molecule has 0 bridgehead atoms. The molecule has 2 heterocycles. The molecule has 1 amide bonds. The van der Waals surface area contributed by atoms with Gasteiger partial charge in [-0.1, -0.05) is 18.2 Å². The third-order valence-electron chi connectivity index (χ3n) is 4.16. The van der Waals surface area contributed by atoms with E-state index in [1.54, 1.807) is 16.7 Å². The lowest BCUT2D eigenvalue weighted by molar-refractivity contribution is -0.121. The van der Waals surface area contributed by atoms with Crippen molar-refractivity contribution in [1.82, 2.24) is 24.2 Å². The molecule has 10 heteroatoms. The number of rotatable bonds is 7. The molecular weight excluding hydrogens is 382 g/mol. The molecule has 0 unspecified atom stereocenters. The van der Waals surface area contributed by atoms with Crippen LogP contribution in [0.25, 0.3) is 5.65 Å². The van der Waals surface area contributed by atoms with E-state index in [0.717, 1.165) is 4.31 Å². The van der Waals surface area contributed by atoms with Crippen LogP contribution >= 0.6 is 0 Å². The summed E-state index contributed by atoms with van der Waals surface area (Å²) in [4.78, 5) is 23.5. The molecule has 0 aliphatic carbocycles. The zero-order chi connectivity index (χ0) is 20.3. The van der Waals surface area contributed by atoms with Gasteiger partial charge in [0, 0.05) is 18.8 Å². The fourth-order valence-electron chi connectivity index (χ4n) is 2.57. The number of amides is 1. The number of likely N-dealkylation sites (N-methyl/N-ethyl adjacent to an activating group) is 1. The standard InChI is InChI=1S/C18H19N5O4S/c1-13(24)14-6-8-15(9-7-14)28(26,27)22(2)12-18(25)19-11-17-21-20-16-5-3-4-10-23(16)17/h3-10H,11-12H2,1-2H3,(H,19,25). The molecule has 1 aromatic carbocycles. The zero-order valence-corrected chi connectivity index (χ0v) is 16.2. The number of benzene rings is 1.